The molecule has 26 heavy (non-hydrogen) atoms. The van der Waals surface area contributed by atoms with Crippen molar-refractivity contribution in [2.45, 2.75) is 33.7 Å². The number of anilines is 1. The molecular formula is C21H27BrN2O2. The summed E-state index contributed by atoms with van der Waals surface area (Å²) in [6, 6.07) is 14.2. The van der Waals surface area contributed by atoms with Crippen LogP contribution in [0.2, 0.25) is 0 Å². The number of carbonyl (C=O) groups excluding carboxylic acids is 1. The highest BCUT2D eigenvalue weighted by Crippen LogP contribution is 2.26. The summed E-state index contributed by atoms with van der Waals surface area (Å²) < 4.78 is 6.47. The predicted octanol–water partition coefficient (Wildman–Crippen LogP) is 4.55. The molecule has 0 aliphatic carbocycles. The average molecular weight is 419 g/mol. The Kier molecular flexibility index (Phi) is 7.98. The summed E-state index contributed by atoms with van der Waals surface area (Å²) in [6.07, 6.45) is 0.965. The number of aryl methyl sites for hydroxylation is 1. The molecule has 0 saturated heterocycles. The van der Waals surface area contributed by atoms with Crippen LogP contribution in [0.1, 0.15) is 31.9 Å². The third kappa shape index (κ3) is 5.77. The Bertz CT molecular complexity index is 712. The van der Waals surface area contributed by atoms with Crippen LogP contribution in [0.15, 0.2) is 46.9 Å². The van der Waals surface area contributed by atoms with Crippen molar-refractivity contribution >= 4 is 27.5 Å². The Hall–Kier alpha value is -2.01. The minimum absolute atomic E-state index is 0.00159. The first-order valence-electron chi connectivity index (χ1n) is 9.09. The van der Waals surface area contributed by atoms with Crippen molar-refractivity contribution in [2.24, 2.45) is 0 Å². The van der Waals surface area contributed by atoms with Crippen LogP contribution in [-0.4, -0.2) is 25.6 Å². The van der Waals surface area contributed by atoms with Crippen molar-refractivity contribution in [3.8, 4) is 5.75 Å². The number of carbonyl (C=O) groups is 1. The van der Waals surface area contributed by atoms with Crippen molar-refractivity contribution in [3.05, 3.63) is 58.1 Å². The van der Waals surface area contributed by atoms with Gasteiger partial charge in [-0.3, -0.25) is 4.79 Å². The third-order valence-electron chi connectivity index (χ3n) is 4.32. The van der Waals surface area contributed by atoms with E-state index in [1.54, 1.807) is 0 Å². The monoisotopic (exact) mass is 418 g/mol. The molecular weight excluding hydrogens is 392 g/mol. The highest BCUT2D eigenvalue weighted by atomic mass is 79.9. The number of amides is 1. The molecule has 0 spiro atoms. The Morgan fingerprint density at radius 2 is 1.69 bits per heavy atom. The lowest BCUT2D eigenvalue weighted by molar-refractivity contribution is -0.123. The zero-order chi connectivity index (χ0) is 18.9. The first-order valence-corrected chi connectivity index (χ1v) is 9.88. The Labute approximate surface area is 164 Å². The van der Waals surface area contributed by atoms with Gasteiger partial charge in [-0.2, -0.15) is 0 Å². The van der Waals surface area contributed by atoms with Crippen molar-refractivity contribution in [1.82, 2.24) is 5.32 Å². The first kappa shape index (κ1) is 20.3. The van der Waals surface area contributed by atoms with Gasteiger partial charge in [0.05, 0.1) is 4.47 Å². The van der Waals surface area contributed by atoms with Gasteiger partial charge in [0.25, 0.3) is 5.91 Å². The van der Waals surface area contributed by atoms with Crippen molar-refractivity contribution in [3.63, 3.8) is 0 Å². The quantitative estimate of drug-likeness (QED) is 0.648. The summed E-state index contributed by atoms with van der Waals surface area (Å²) in [7, 11) is 0. The molecule has 4 nitrogen and oxygen atoms in total. The van der Waals surface area contributed by atoms with Crippen LogP contribution in [0.3, 0.4) is 0 Å². The van der Waals surface area contributed by atoms with Gasteiger partial charge in [-0.1, -0.05) is 25.1 Å². The Morgan fingerprint density at radius 3 is 2.27 bits per heavy atom. The minimum atomic E-state index is -0.135. The Morgan fingerprint density at radius 1 is 1.04 bits per heavy atom. The van der Waals surface area contributed by atoms with Crippen molar-refractivity contribution in [1.29, 1.82) is 0 Å². The molecule has 2 rings (SSSR count). The van der Waals surface area contributed by atoms with E-state index >= 15 is 0 Å². The van der Waals surface area contributed by atoms with E-state index in [9.17, 15) is 4.79 Å². The molecule has 0 bridgehead atoms. The van der Waals surface area contributed by atoms with E-state index in [1.807, 2.05) is 18.2 Å². The standard InChI is InChI=1S/C21H27BrN2O2/c1-4-16-9-12-20(19(22)13-16)26-15-21(25)23-14-17-7-10-18(11-8-17)24(5-2)6-3/h7-13H,4-6,14-15H2,1-3H3,(H,23,25). The molecule has 0 aliphatic rings. The zero-order valence-corrected chi connectivity index (χ0v) is 17.3. The molecule has 140 valence electrons. The van der Waals surface area contributed by atoms with E-state index in [4.69, 9.17) is 4.74 Å². The molecule has 1 amide bonds. The maximum Gasteiger partial charge on any atom is 0.258 e. The number of rotatable bonds is 9. The lowest BCUT2D eigenvalue weighted by Crippen LogP contribution is -2.28. The lowest BCUT2D eigenvalue weighted by Gasteiger charge is -2.21. The highest BCUT2D eigenvalue weighted by Gasteiger charge is 2.07. The maximum absolute atomic E-state index is 12.0. The lowest BCUT2D eigenvalue weighted by atomic mass is 10.2. The van der Waals surface area contributed by atoms with Crippen LogP contribution in [-0.2, 0) is 17.8 Å². The van der Waals surface area contributed by atoms with Gasteiger partial charge in [0.2, 0.25) is 0 Å². The second kappa shape index (κ2) is 10.2. The molecule has 0 radical (unpaired) electrons. The van der Waals surface area contributed by atoms with E-state index in [0.29, 0.717) is 12.3 Å². The minimum Gasteiger partial charge on any atom is -0.483 e. The molecule has 2 aromatic carbocycles. The van der Waals surface area contributed by atoms with Crippen LogP contribution in [0.25, 0.3) is 0 Å². The fraction of sp³-hybridized carbons (Fsp3) is 0.381. The van der Waals surface area contributed by atoms with E-state index in [-0.39, 0.29) is 12.5 Å². The van der Waals surface area contributed by atoms with E-state index < -0.39 is 0 Å². The highest BCUT2D eigenvalue weighted by molar-refractivity contribution is 9.10. The topological polar surface area (TPSA) is 41.6 Å². The first-order chi connectivity index (χ1) is 12.6. The van der Waals surface area contributed by atoms with Gasteiger partial charge in [0.1, 0.15) is 5.75 Å². The van der Waals surface area contributed by atoms with Crippen LogP contribution in [0.4, 0.5) is 5.69 Å². The molecule has 0 saturated carbocycles. The van der Waals surface area contributed by atoms with Crippen molar-refractivity contribution < 1.29 is 9.53 Å². The number of hydrogen-bond donors (Lipinski definition) is 1. The number of halogens is 1. The summed E-state index contributed by atoms with van der Waals surface area (Å²) in [4.78, 5) is 14.3. The SMILES string of the molecule is CCc1ccc(OCC(=O)NCc2ccc(N(CC)CC)cc2)c(Br)c1. The molecule has 0 aromatic heterocycles. The van der Waals surface area contributed by atoms with Gasteiger partial charge >= 0.3 is 0 Å². The van der Waals surface area contributed by atoms with E-state index in [0.717, 1.165) is 29.5 Å². The van der Waals surface area contributed by atoms with Crippen LogP contribution >= 0.6 is 15.9 Å². The molecule has 0 atom stereocenters. The summed E-state index contributed by atoms with van der Waals surface area (Å²) in [5.41, 5.74) is 3.50. The summed E-state index contributed by atoms with van der Waals surface area (Å²) in [6.45, 7) is 8.86. The zero-order valence-electron chi connectivity index (χ0n) is 15.7. The normalized spacial score (nSPS) is 10.5. The molecule has 1 N–H and O–H groups in total. The molecule has 5 heteroatoms. The molecule has 0 heterocycles. The molecule has 0 fully saturated rings. The summed E-state index contributed by atoms with van der Waals surface area (Å²) in [5.74, 6) is 0.546. The van der Waals surface area contributed by atoms with Gasteiger partial charge in [-0.15, -0.1) is 0 Å². The van der Waals surface area contributed by atoms with Gasteiger partial charge in [-0.25, -0.2) is 0 Å². The predicted molar refractivity (Wildman–Crippen MR) is 111 cm³/mol. The number of nitrogens with one attached hydrogen (secondary N) is 1. The van der Waals surface area contributed by atoms with E-state index in [1.165, 1.54) is 11.3 Å². The van der Waals surface area contributed by atoms with Gasteiger partial charge in [0, 0.05) is 25.3 Å². The number of ether oxygens (including phenoxy) is 1. The fourth-order valence-electron chi connectivity index (χ4n) is 2.69. The van der Waals surface area contributed by atoms with Crippen LogP contribution < -0.4 is 15.0 Å². The van der Waals surface area contributed by atoms with Gasteiger partial charge in [0.15, 0.2) is 6.61 Å². The molecule has 0 unspecified atom stereocenters. The van der Waals surface area contributed by atoms with Gasteiger partial charge < -0.3 is 15.0 Å². The summed E-state index contributed by atoms with van der Waals surface area (Å²) in [5, 5.41) is 2.90. The van der Waals surface area contributed by atoms with E-state index in [2.05, 4.69) is 71.2 Å². The number of nitrogens with zero attached hydrogens (tertiary/aromatic N) is 1. The average Bonchev–Trinajstić information content (AvgIpc) is 2.67. The second-order valence-corrected chi connectivity index (χ2v) is 6.88. The van der Waals surface area contributed by atoms with Crippen molar-refractivity contribution in [2.75, 3.05) is 24.6 Å². The summed E-state index contributed by atoms with van der Waals surface area (Å²) >= 11 is 3.48. The third-order valence-corrected chi connectivity index (χ3v) is 4.94. The number of benzene rings is 2. The smallest absolute Gasteiger partial charge is 0.258 e. The Balaban J connectivity index is 1.81. The van der Waals surface area contributed by atoms with Crippen LogP contribution in [0, 0.1) is 0 Å². The van der Waals surface area contributed by atoms with Gasteiger partial charge in [-0.05, 0) is 71.6 Å². The molecule has 0 aliphatic heterocycles. The van der Waals surface area contributed by atoms with Crippen LogP contribution in [0.5, 0.6) is 5.75 Å². The number of hydrogen-bond acceptors (Lipinski definition) is 3. The largest absolute Gasteiger partial charge is 0.483 e. The fourth-order valence-corrected chi connectivity index (χ4v) is 3.23. The maximum atomic E-state index is 12.0. The molecule has 2 aromatic rings. The second-order valence-electron chi connectivity index (χ2n) is 6.02.